The lowest BCUT2D eigenvalue weighted by molar-refractivity contribution is 0.418. The monoisotopic (exact) mass is 232 g/mol. The summed E-state index contributed by atoms with van der Waals surface area (Å²) in [5.41, 5.74) is 2.33. The fourth-order valence-corrected chi connectivity index (χ4v) is 2.10. The Balaban J connectivity index is 2.84. The van der Waals surface area contributed by atoms with E-state index in [1.807, 2.05) is 19.1 Å². The molecule has 0 aliphatic carbocycles. The lowest BCUT2D eigenvalue weighted by atomic mass is 10.0. The number of fused-ring (bicyclic) bond motifs is 1. The summed E-state index contributed by atoms with van der Waals surface area (Å²) in [7, 11) is 1.63. The molecule has 1 heterocycles. The Hall–Kier alpha value is -1.77. The molecule has 0 saturated heterocycles. The molecular formula is C14H16O3. The summed E-state index contributed by atoms with van der Waals surface area (Å²) >= 11 is 0. The van der Waals surface area contributed by atoms with Crippen molar-refractivity contribution in [3.63, 3.8) is 0 Å². The van der Waals surface area contributed by atoms with Gasteiger partial charge in [0.2, 0.25) is 0 Å². The Morgan fingerprint density at radius 1 is 1.29 bits per heavy atom. The predicted octanol–water partition coefficient (Wildman–Crippen LogP) is 3.06. The maximum absolute atomic E-state index is 11.5. The molecule has 0 aliphatic rings. The smallest absolute Gasteiger partial charge is 0.336 e. The van der Waals surface area contributed by atoms with Crippen LogP contribution >= 0.6 is 0 Å². The van der Waals surface area contributed by atoms with Crippen molar-refractivity contribution in [3.05, 3.63) is 39.7 Å². The predicted molar refractivity (Wildman–Crippen MR) is 67.8 cm³/mol. The van der Waals surface area contributed by atoms with Gasteiger partial charge < -0.3 is 9.15 Å². The molecule has 1 aromatic heterocycles. The fourth-order valence-electron chi connectivity index (χ4n) is 2.10. The van der Waals surface area contributed by atoms with Crippen molar-refractivity contribution in [1.82, 2.24) is 0 Å². The van der Waals surface area contributed by atoms with Gasteiger partial charge in [0.15, 0.2) is 0 Å². The van der Waals surface area contributed by atoms with Gasteiger partial charge in [0.25, 0.3) is 0 Å². The van der Waals surface area contributed by atoms with Crippen LogP contribution in [0.25, 0.3) is 11.0 Å². The average molecular weight is 232 g/mol. The average Bonchev–Trinajstić information content (AvgIpc) is 2.27. The van der Waals surface area contributed by atoms with Crippen molar-refractivity contribution in [2.45, 2.75) is 26.7 Å². The zero-order valence-corrected chi connectivity index (χ0v) is 10.4. The van der Waals surface area contributed by atoms with Gasteiger partial charge in [-0.25, -0.2) is 4.79 Å². The van der Waals surface area contributed by atoms with E-state index in [1.54, 1.807) is 13.2 Å². The molecule has 3 nitrogen and oxygen atoms in total. The molecule has 0 radical (unpaired) electrons. The van der Waals surface area contributed by atoms with Crippen molar-refractivity contribution < 1.29 is 9.15 Å². The molecule has 0 N–H and O–H groups in total. The number of rotatable bonds is 3. The van der Waals surface area contributed by atoms with Crippen LogP contribution in [0, 0.1) is 6.92 Å². The summed E-state index contributed by atoms with van der Waals surface area (Å²) in [6.07, 6.45) is 1.83. The molecule has 0 aliphatic heterocycles. The fraction of sp³-hybridized carbons (Fsp3) is 0.357. The molecular weight excluding hydrogens is 216 g/mol. The molecule has 2 aromatic rings. The largest absolute Gasteiger partial charge is 0.496 e. The van der Waals surface area contributed by atoms with E-state index < -0.39 is 0 Å². The van der Waals surface area contributed by atoms with E-state index in [1.165, 1.54) is 0 Å². The van der Waals surface area contributed by atoms with E-state index in [9.17, 15) is 4.79 Å². The van der Waals surface area contributed by atoms with Crippen molar-refractivity contribution in [1.29, 1.82) is 0 Å². The van der Waals surface area contributed by atoms with Gasteiger partial charge in [-0.05, 0) is 36.6 Å². The number of ether oxygens (including phenoxy) is 1. The van der Waals surface area contributed by atoms with E-state index >= 15 is 0 Å². The van der Waals surface area contributed by atoms with Crippen LogP contribution in [-0.4, -0.2) is 7.11 Å². The quantitative estimate of drug-likeness (QED) is 0.763. The molecule has 17 heavy (non-hydrogen) atoms. The third-order valence-electron chi connectivity index (χ3n) is 2.77. The molecule has 90 valence electrons. The zero-order chi connectivity index (χ0) is 12.4. The van der Waals surface area contributed by atoms with Crippen molar-refractivity contribution in [3.8, 4) is 5.75 Å². The minimum atomic E-state index is -0.298. The molecule has 1 aromatic carbocycles. The van der Waals surface area contributed by atoms with Gasteiger partial charge in [-0.2, -0.15) is 0 Å². The summed E-state index contributed by atoms with van der Waals surface area (Å²) in [4.78, 5) is 11.5. The highest BCUT2D eigenvalue weighted by Crippen LogP contribution is 2.30. The normalized spacial score (nSPS) is 10.8. The van der Waals surface area contributed by atoms with E-state index in [0.29, 0.717) is 5.58 Å². The number of methoxy groups -OCH3 is 1. The Bertz CT molecular complexity index is 596. The second-order valence-electron chi connectivity index (χ2n) is 4.18. The van der Waals surface area contributed by atoms with Gasteiger partial charge >= 0.3 is 5.63 Å². The summed E-state index contributed by atoms with van der Waals surface area (Å²) in [6.45, 7) is 4.04. The van der Waals surface area contributed by atoms with Gasteiger partial charge in [0.1, 0.15) is 11.3 Å². The van der Waals surface area contributed by atoms with Crippen molar-refractivity contribution >= 4 is 11.0 Å². The second kappa shape index (κ2) is 4.62. The van der Waals surface area contributed by atoms with Crippen LogP contribution in [-0.2, 0) is 6.42 Å². The van der Waals surface area contributed by atoms with Crippen LogP contribution in [0.2, 0.25) is 0 Å². The minimum Gasteiger partial charge on any atom is -0.496 e. The number of aryl methyl sites for hydroxylation is 2. The third-order valence-corrected chi connectivity index (χ3v) is 2.77. The van der Waals surface area contributed by atoms with E-state index in [2.05, 4.69) is 6.92 Å². The summed E-state index contributed by atoms with van der Waals surface area (Å²) in [5, 5.41) is 0.916. The highest BCUT2D eigenvalue weighted by Gasteiger charge is 2.11. The van der Waals surface area contributed by atoms with Crippen molar-refractivity contribution in [2.75, 3.05) is 7.11 Å². The zero-order valence-electron chi connectivity index (χ0n) is 10.4. The highest BCUT2D eigenvalue weighted by atomic mass is 16.5. The highest BCUT2D eigenvalue weighted by molar-refractivity contribution is 5.87. The second-order valence-corrected chi connectivity index (χ2v) is 4.18. The lowest BCUT2D eigenvalue weighted by Gasteiger charge is -2.10. The van der Waals surface area contributed by atoms with Crippen LogP contribution in [0.3, 0.4) is 0 Å². The van der Waals surface area contributed by atoms with Gasteiger partial charge in [-0.3, -0.25) is 0 Å². The first-order chi connectivity index (χ1) is 8.15. The standard InChI is InChI=1S/C14H16O3/c1-4-5-10-8-13(15)17-12-7-9(2)6-11(16-3)14(10)12/h6-8H,4-5H2,1-3H3. The van der Waals surface area contributed by atoms with Gasteiger partial charge in [0, 0.05) is 6.07 Å². The maximum Gasteiger partial charge on any atom is 0.336 e. The van der Waals surface area contributed by atoms with Crippen LogP contribution in [0.15, 0.2) is 27.4 Å². The number of hydrogen-bond donors (Lipinski definition) is 0. The summed E-state index contributed by atoms with van der Waals surface area (Å²) in [6, 6.07) is 5.39. The van der Waals surface area contributed by atoms with E-state index in [4.69, 9.17) is 9.15 Å². The lowest BCUT2D eigenvalue weighted by Crippen LogP contribution is -2.02. The first-order valence-corrected chi connectivity index (χ1v) is 5.77. The van der Waals surface area contributed by atoms with Crippen LogP contribution < -0.4 is 10.4 Å². The molecule has 0 atom stereocenters. The van der Waals surface area contributed by atoms with E-state index in [0.717, 1.165) is 35.1 Å². The Labute approximate surface area is 100 Å². The third kappa shape index (κ3) is 2.18. The summed E-state index contributed by atoms with van der Waals surface area (Å²) < 4.78 is 10.6. The number of hydrogen-bond acceptors (Lipinski definition) is 3. The maximum atomic E-state index is 11.5. The summed E-state index contributed by atoms with van der Waals surface area (Å²) in [5.74, 6) is 0.771. The minimum absolute atomic E-state index is 0.298. The van der Waals surface area contributed by atoms with E-state index in [-0.39, 0.29) is 5.63 Å². The molecule has 0 saturated carbocycles. The number of benzene rings is 1. The van der Waals surface area contributed by atoms with Gasteiger partial charge in [0.05, 0.1) is 12.5 Å². The van der Waals surface area contributed by atoms with Gasteiger partial charge in [-0.1, -0.05) is 13.3 Å². The van der Waals surface area contributed by atoms with Crippen molar-refractivity contribution in [2.24, 2.45) is 0 Å². The molecule has 0 unspecified atom stereocenters. The van der Waals surface area contributed by atoms with Crippen LogP contribution in [0.5, 0.6) is 5.75 Å². The Kier molecular flexibility index (Phi) is 3.18. The van der Waals surface area contributed by atoms with Crippen LogP contribution in [0.1, 0.15) is 24.5 Å². The van der Waals surface area contributed by atoms with Gasteiger partial charge in [-0.15, -0.1) is 0 Å². The van der Waals surface area contributed by atoms with Crippen LogP contribution in [0.4, 0.5) is 0 Å². The molecule has 0 amide bonds. The first kappa shape index (κ1) is 11.7. The topological polar surface area (TPSA) is 39.4 Å². The molecule has 0 spiro atoms. The first-order valence-electron chi connectivity index (χ1n) is 5.77. The Morgan fingerprint density at radius 3 is 2.71 bits per heavy atom. The molecule has 3 heteroatoms. The SMILES string of the molecule is CCCc1cc(=O)oc2cc(C)cc(OC)c12. The Morgan fingerprint density at radius 2 is 2.06 bits per heavy atom. The molecule has 2 rings (SSSR count). The molecule has 0 fully saturated rings. The molecule has 0 bridgehead atoms.